The Morgan fingerprint density at radius 3 is 2.32 bits per heavy atom. The third kappa shape index (κ3) is 4.54. The molecule has 0 bridgehead atoms. The fourth-order valence-corrected chi connectivity index (χ4v) is 2.71. The second-order valence-corrected chi connectivity index (χ2v) is 6.09. The van der Waals surface area contributed by atoms with E-state index in [-0.39, 0.29) is 11.9 Å². The molecule has 28 heavy (non-hydrogen) atoms. The third-order valence-electron chi connectivity index (χ3n) is 4.24. The summed E-state index contributed by atoms with van der Waals surface area (Å²) in [6.07, 6.45) is 2.43. The molecule has 2 aromatic carbocycles. The Morgan fingerprint density at radius 2 is 1.68 bits per heavy atom. The van der Waals surface area contributed by atoms with Crippen molar-refractivity contribution in [3.63, 3.8) is 0 Å². The standard InChI is InChI=1S/C22H21N3O3/c1-3-15-6-4-5-7-19(15)25-21(26)20-13-12-18(14-23-20)24-17-10-8-16(9-11-17)22(27)28-2/h4-14,24H,3H2,1-2H3,(H,25,26). The van der Waals surface area contributed by atoms with Crippen molar-refractivity contribution in [1.29, 1.82) is 0 Å². The largest absolute Gasteiger partial charge is 0.465 e. The molecular weight excluding hydrogens is 354 g/mol. The Morgan fingerprint density at radius 1 is 0.964 bits per heavy atom. The first kappa shape index (κ1) is 19.1. The van der Waals surface area contributed by atoms with Gasteiger partial charge in [0.15, 0.2) is 0 Å². The number of nitrogens with zero attached hydrogens (tertiary/aromatic N) is 1. The van der Waals surface area contributed by atoms with Gasteiger partial charge in [-0.3, -0.25) is 4.79 Å². The van der Waals surface area contributed by atoms with Gasteiger partial charge in [0.05, 0.1) is 24.6 Å². The zero-order valence-corrected chi connectivity index (χ0v) is 15.7. The molecule has 0 fully saturated rings. The molecule has 142 valence electrons. The van der Waals surface area contributed by atoms with Crippen LogP contribution in [0.3, 0.4) is 0 Å². The highest BCUT2D eigenvalue weighted by atomic mass is 16.5. The number of benzene rings is 2. The Hall–Kier alpha value is -3.67. The second kappa shape index (κ2) is 8.81. The van der Waals surface area contributed by atoms with Crippen LogP contribution in [0.4, 0.5) is 17.1 Å². The van der Waals surface area contributed by atoms with Gasteiger partial charge in [0.25, 0.3) is 5.91 Å². The molecule has 0 atom stereocenters. The number of anilines is 3. The number of aromatic nitrogens is 1. The van der Waals surface area contributed by atoms with Crippen LogP contribution in [0.1, 0.15) is 33.3 Å². The number of amides is 1. The minimum Gasteiger partial charge on any atom is -0.465 e. The van der Waals surface area contributed by atoms with Gasteiger partial charge in [0, 0.05) is 11.4 Å². The fraction of sp³-hybridized carbons (Fsp3) is 0.136. The molecule has 0 aliphatic heterocycles. The first-order chi connectivity index (χ1) is 13.6. The number of ether oxygens (including phenoxy) is 1. The number of aryl methyl sites for hydroxylation is 1. The molecule has 3 aromatic rings. The summed E-state index contributed by atoms with van der Waals surface area (Å²) in [6, 6.07) is 18.0. The maximum atomic E-state index is 12.4. The van der Waals surface area contributed by atoms with Gasteiger partial charge in [-0.05, 0) is 54.4 Å². The quantitative estimate of drug-likeness (QED) is 0.623. The molecule has 1 heterocycles. The molecule has 6 heteroatoms. The van der Waals surface area contributed by atoms with E-state index in [4.69, 9.17) is 0 Å². The minimum absolute atomic E-state index is 0.255. The van der Waals surface area contributed by atoms with Crippen LogP contribution in [-0.4, -0.2) is 24.0 Å². The van der Waals surface area contributed by atoms with Crippen LogP contribution in [-0.2, 0) is 11.2 Å². The van der Waals surface area contributed by atoms with Gasteiger partial charge in [-0.25, -0.2) is 9.78 Å². The predicted molar refractivity (Wildman–Crippen MR) is 109 cm³/mol. The summed E-state index contributed by atoms with van der Waals surface area (Å²) in [4.78, 5) is 28.1. The molecule has 0 spiro atoms. The Balaban J connectivity index is 1.66. The van der Waals surface area contributed by atoms with E-state index in [1.807, 2.05) is 31.2 Å². The van der Waals surface area contributed by atoms with Gasteiger partial charge >= 0.3 is 5.97 Å². The number of pyridine rings is 1. The van der Waals surface area contributed by atoms with E-state index >= 15 is 0 Å². The van der Waals surface area contributed by atoms with Gasteiger partial charge in [-0.1, -0.05) is 25.1 Å². The van der Waals surface area contributed by atoms with Crippen molar-refractivity contribution in [3.05, 3.63) is 83.7 Å². The van der Waals surface area contributed by atoms with Crippen LogP contribution in [0.25, 0.3) is 0 Å². The monoisotopic (exact) mass is 375 g/mol. The lowest BCUT2D eigenvalue weighted by Gasteiger charge is -2.10. The molecule has 0 saturated carbocycles. The fourth-order valence-electron chi connectivity index (χ4n) is 2.71. The number of esters is 1. The average molecular weight is 375 g/mol. The summed E-state index contributed by atoms with van der Waals surface area (Å²) in [5.41, 5.74) is 4.21. The van der Waals surface area contributed by atoms with Crippen molar-refractivity contribution >= 4 is 28.9 Å². The Kier molecular flexibility index (Phi) is 6.01. The SMILES string of the molecule is CCc1ccccc1NC(=O)c1ccc(Nc2ccc(C(=O)OC)cc2)cn1. The van der Waals surface area contributed by atoms with Crippen molar-refractivity contribution < 1.29 is 14.3 Å². The smallest absolute Gasteiger partial charge is 0.337 e. The van der Waals surface area contributed by atoms with Crippen molar-refractivity contribution in [2.75, 3.05) is 17.7 Å². The zero-order valence-electron chi connectivity index (χ0n) is 15.7. The van der Waals surface area contributed by atoms with Gasteiger partial charge < -0.3 is 15.4 Å². The lowest BCUT2D eigenvalue weighted by atomic mass is 10.1. The lowest BCUT2D eigenvalue weighted by molar-refractivity contribution is 0.0600. The number of nitrogens with one attached hydrogen (secondary N) is 2. The topological polar surface area (TPSA) is 80.3 Å². The summed E-state index contributed by atoms with van der Waals surface area (Å²) in [5, 5.41) is 6.08. The van der Waals surface area contributed by atoms with E-state index in [0.717, 1.165) is 29.0 Å². The number of methoxy groups -OCH3 is 1. The number of hydrogen-bond acceptors (Lipinski definition) is 5. The van der Waals surface area contributed by atoms with E-state index in [0.29, 0.717) is 11.3 Å². The first-order valence-electron chi connectivity index (χ1n) is 8.91. The Labute approximate surface area is 163 Å². The van der Waals surface area contributed by atoms with Crippen LogP contribution in [0.15, 0.2) is 66.9 Å². The van der Waals surface area contributed by atoms with Crippen LogP contribution < -0.4 is 10.6 Å². The molecule has 6 nitrogen and oxygen atoms in total. The van der Waals surface area contributed by atoms with E-state index in [9.17, 15) is 9.59 Å². The van der Waals surface area contributed by atoms with Crippen LogP contribution in [0, 0.1) is 0 Å². The van der Waals surface area contributed by atoms with Crippen LogP contribution in [0.2, 0.25) is 0 Å². The Bertz CT molecular complexity index is 967. The van der Waals surface area contributed by atoms with E-state index in [2.05, 4.69) is 20.4 Å². The van der Waals surface area contributed by atoms with Crippen molar-refractivity contribution in [1.82, 2.24) is 4.98 Å². The van der Waals surface area contributed by atoms with Gasteiger partial charge in [-0.2, -0.15) is 0 Å². The molecular formula is C22H21N3O3. The summed E-state index contributed by atoms with van der Waals surface area (Å²) in [6.45, 7) is 2.04. The molecule has 0 aliphatic carbocycles. The molecule has 0 unspecified atom stereocenters. The molecule has 0 radical (unpaired) electrons. The van der Waals surface area contributed by atoms with Crippen LogP contribution >= 0.6 is 0 Å². The van der Waals surface area contributed by atoms with Crippen LogP contribution in [0.5, 0.6) is 0 Å². The molecule has 1 aromatic heterocycles. The molecule has 0 saturated heterocycles. The summed E-state index contributed by atoms with van der Waals surface area (Å²) < 4.78 is 4.68. The van der Waals surface area contributed by atoms with E-state index in [1.165, 1.54) is 7.11 Å². The molecule has 1 amide bonds. The molecule has 0 aliphatic rings. The maximum absolute atomic E-state index is 12.4. The maximum Gasteiger partial charge on any atom is 0.337 e. The van der Waals surface area contributed by atoms with E-state index < -0.39 is 0 Å². The minimum atomic E-state index is -0.381. The predicted octanol–water partition coefficient (Wildman–Crippen LogP) is 4.43. The highest BCUT2D eigenvalue weighted by Crippen LogP contribution is 2.19. The van der Waals surface area contributed by atoms with Gasteiger partial charge in [-0.15, -0.1) is 0 Å². The first-order valence-corrected chi connectivity index (χ1v) is 8.91. The van der Waals surface area contributed by atoms with Gasteiger partial charge in [0.1, 0.15) is 5.69 Å². The zero-order chi connectivity index (χ0) is 19.9. The number of rotatable bonds is 6. The number of para-hydroxylation sites is 1. The van der Waals surface area contributed by atoms with Crippen molar-refractivity contribution in [3.8, 4) is 0 Å². The number of carbonyl (C=O) groups excluding carboxylic acids is 2. The summed E-state index contributed by atoms with van der Waals surface area (Å²) in [7, 11) is 1.35. The highest BCUT2D eigenvalue weighted by Gasteiger charge is 2.10. The van der Waals surface area contributed by atoms with Gasteiger partial charge in [0.2, 0.25) is 0 Å². The molecule has 2 N–H and O–H groups in total. The van der Waals surface area contributed by atoms with Crippen molar-refractivity contribution in [2.24, 2.45) is 0 Å². The normalized spacial score (nSPS) is 10.2. The van der Waals surface area contributed by atoms with E-state index in [1.54, 1.807) is 42.6 Å². The number of hydrogen-bond donors (Lipinski definition) is 2. The number of carbonyl (C=O) groups is 2. The van der Waals surface area contributed by atoms with Crippen molar-refractivity contribution in [2.45, 2.75) is 13.3 Å². The second-order valence-electron chi connectivity index (χ2n) is 6.09. The lowest BCUT2D eigenvalue weighted by Crippen LogP contribution is -2.14. The average Bonchev–Trinajstić information content (AvgIpc) is 2.74. The summed E-state index contributed by atoms with van der Waals surface area (Å²) >= 11 is 0. The third-order valence-corrected chi connectivity index (χ3v) is 4.24. The molecule has 3 rings (SSSR count). The summed E-state index contributed by atoms with van der Waals surface area (Å²) in [5.74, 6) is -0.636. The highest BCUT2D eigenvalue weighted by molar-refractivity contribution is 6.03.